The largest absolute Gasteiger partial charge is 0.508 e. The van der Waals surface area contributed by atoms with Gasteiger partial charge in [0.25, 0.3) is 11.8 Å². The molecule has 2 amide bonds. The van der Waals surface area contributed by atoms with Crippen LogP contribution >= 0.6 is 0 Å². The second kappa shape index (κ2) is 21.6. The van der Waals surface area contributed by atoms with Crippen molar-refractivity contribution in [3.8, 4) is 23.0 Å². The Kier molecular flexibility index (Phi) is 16.5. The monoisotopic (exact) mass is 955 g/mol. The van der Waals surface area contributed by atoms with Gasteiger partial charge in [-0.3, -0.25) is 19.2 Å². The van der Waals surface area contributed by atoms with Gasteiger partial charge >= 0.3 is 11.9 Å². The molecule has 0 aromatic heterocycles. The molecule has 2 unspecified atom stereocenters. The number of aliphatic hydroxyl groups is 2. The fourth-order valence-electron chi connectivity index (χ4n) is 10.5. The Morgan fingerprint density at radius 2 is 1.14 bits per heavy atom. The van der Waals surface area contributed by atoms with Crippen LogP contribution in [-0.4, -0.2) is 100 Å². The van der Waals surface area contributed by atoms with Crippen LogP contribution in [0.5, 0.6) is 23.0 Å². The standard InChI is InChI=1S/C55H74N2O12/c1-31(2)15-10-17-33(5)19-12-22-54(8)45(60)27-38-43(58)25-36-40(48(38)68-54)29-56(50(36)62)24-14-21-42(35(7)47(52(64)65)53(66)67)57-30-41-37(51(57)63)26-44(59)39-28-46(61)55(9,69-49(39)41)23-13-20-34(6)18-11-16-32(3)4/h15-16,19-20,25-26,35,42,45-47,58-61H,10-14,17-18,21-24,27-30H2,1-9H3,(H,64,65)(H,66,67)/b33-19+,34-20+/t35?,42?,45-,46-,54+,55+/m0/s1. The first-order valence-electron chi connectivity index (χ1n) is 24.6. The Labute approximate surface area is 407 Å². The van der Waals surface area contributed by atoms with Crippen molar-refractivity contribution in [2.24, 2.45) is 11.8 Å². The van der Waals surface area contributed by atoms with E-state index in [1.807, 2.05) is 13.8 Å². The van der Waals surface area contributed by atoms with E-state index >= 15 is 0 Å². The summed E-state index contributed by atoms with van der Waals surface area (Å²) in [6.45, 7) is 17.8. The number of hydrogen-bond donors (Lipinski definition) is 6. The van der Waals surface area contributed by atoms with E-state index in [0.717, 1.165) is 25.7 Å². The average Bonchev–Trinajstić information content (AvgIpc) is 3.75. The number of aromatic hydroxyl groups is 2. The zero-order chi connectivity index (χ0) is 50.7. The zero-order valence-corrected chi connectivity index (χ0v) is 42.0. The maximum absolute atomic E-state index is 14.4. The number of aliphatic hydroxyl groups excluding tert-OH is 2. The maximum Gasteiger partial charge on any atom is 0.318 e. The molecule has 0 saturated carbocycles. The van der Waals surface area contributed by atoms with E-state index in [2.05, 4.69) is 65.8 Å². The van der Waals surface area contributed by atoms with Crippen LogP contribution < -0.4 is 9.47 Å². The first kappa shape index (κ1) is 52.8. The lowest BCUT2D eigenvalue weighted by atomic mass is 9.84. The van der Waals surface area contributed by atoms with E-state index in [-0.39, 0.29) is 79.6 Å². The number of hydrogen-bond acceptors (Lipinski definition) is 10. The summed E-state index contributed by atoms with van der Waals surface area (Å²) in [5, 5.41) is 65.4. The summed E-state index contributed by atoms with van der Waals surface area (Å²) in [6, 6.07) is 1.82. The molecule has 4 heterocycles. The lowest BCUT2D eigenvalue weighted by Gasteiger charge is -2.41. The minimum absolute atomic E-state index is 0.0555. The third-order valence-corrected chi connectivity index (χ3v) is 14.9. The lowest BCUT2D eigenvalue weighted by Crippen LogP contribution is -2.49. The highest BCUT2D eigenvalue weighted by Gasteiger charge is 2.48. The van der Waals surface area contributed by atoms with Gasteiger partial charge in [-0.05, 0) is 132 Å². The van der Waals surface area contributed by atoms with Crippen molar-refractivity contribution in [1.82, 2.24) is 9.80 Å². The Bertz CT molecular complexity index is 2430. The summed E-state index contributed by atoms with van der Waals surface area (Å²) in [5.41, 5.74) is 5.21. The Morgan fingerprint density at radius 1 is 0.696 bits per heavy atom. The van der Waals surface area contributed by atoms with Crippen LogP contribution in [0.1, 0.15) is 169 Å². The van der Waals surface area contributed by atoms with E-state index in [1.165, 1.54) is 46.2 Å². The van der Waals surface area contributed by atoms with Gasteiger partial charge in [-0.1, -0.05) is 53.5 Å². The topological polar surface area (TPSA) is 215 Å². The number of carboxylic acid groups (broad SMARTS) is 2. The van der Waals surface area contributed by atoms with Gasteiger partial charge in [0.15, 0.2) is 5.92 Å². The number of rotatable bonds is 21. The van der Waals surface area contributed by atoms with Crippen molar-refractivity contribution in [3.05, 3.63) is 92.1 Å². The molecule has 0 aliphatic carbocycles. The van der Waals surface area contributed by atoms with Crippen molar-refractivity contribution >= 4 is 23.8 Å². The molecule has 0 saturated heterocycles. The van der Waals surface area contributed by atoms with E-state index in [0.29, 0.717) is 53.7 Å². The van der Waals surface area contributed by atoms with Gasteiger partial charge in [-0.25, -0.2) is 0 Å². The third-order valence-electron chi connectivity index (χ3n) is 14.9. The van der Waals surface area contributed by atoms with E-state index in [1.54, 1.807) is 4.90 Å². The Hall–Kier alpha value is -5.60. The van der Waals surface area contributed by atoms with E-state index in [9.17, 15) is 49.8 Å². The number of nitrogens with zero attached hydrogens (tertiary/aromatic N) is 2. The van der Waals surface area contributed by atoms with Gasteiger partial charge in [0, 0.05) is 53.6 Å². The Morgan fingerprint density at radius 3 is 1.59 bits per heavy atom. The van der Waals surface area contributed by atoms with E-state index < -0.39 is 59.1 Å². The minimum atomic E-state index is -1.86. The van der Waals surface area contributed by atoms with Crippen LogP contribution in [0, 0.1) is 11.8 Å². The number of amides is 2. The highest BCUT2D eigenvalue weighted by Crippen LogP contribution is 2.49. The molecule has 69 heavy (non-hydrogen) atoms. The molecule has 376 valence electrons. The number of aliphatic carboxylic acids is 2. The van der Waals surface area contributed by atoms with Crippen molar-refractivity contribution in [2.45, 2.75) is 182 Å². The van der Waals surface area contributed by atoms with Crippen molar-refractivity contribution in [3.63, 3.8) is 0 Å². The highest BCUT2D eigenvalue weighted by molar-refractivity contribution is 6.01. The van der Waals surface area contributed by atoms with Gasteiger partial charge in [-0.2, -0.15) is 0 Å². The molecule has 14 heteroatoms. The summed E-state index contributed by atoms with van der Waals surface area (Å²) in [7, 11) is 0. The summed E-state index contributed by atoms with van der Waals surface area (Å²) in [5.74, 6) is -6.62. The van der Waals surface area contributed by atoms with Gasteiger partial charge in [0.2, 0.25) is 0 Å². The van der Waals surface area contributed by atoms with Crippen molar-refractivity contribution in [1.29, 1.82) is 0 Å². The molecular formula is C55H74N2O12. The molecule has 6 atom stereocenters. The molecule has 6 N–H and O–H groups in total. The molecule has 14 nitrogen and oxygen atoms in total. The molecule has 4 aliphatic rings. The number of carbonyl (C=O) groups excluding carboxylic acids is 2. The number of fused-ring (bicyclic) bond motifs is 6. The third kappa shape index (κ3) is 11.5. The van der Waals surface area contributed by atoms with Crippen LogP contribution in [-0.2, 0) is 35.5 Å². The quantitative estimate of drug-likeness (QED) is 0.0510. The highest BCUT2D eigenvalue weighted by atomic mass is 16.5. The molecule has 4 aliphatic heterocycles. The second-order valence-corrected chi connectivity index (χ2v) is 20.9. The molecule has 6 rings (SSSR count). The summed E-state index contributed by atoms with van der Waals surface area (Å²) in [4.78, 5) is 56.5. The lowest BCUT2D eigenvalue weighted by molar-refractivity contribution is -0.158. The fraction of sp³-hybridized carbons (Fsp3) is 0.564. The fourth-order valence-corrected chi connectivity index (χ4v) is 10.5. The SMILES string of the molecule is CC(C)=CCC/C(C)=C/CC[C@@]1(C)Oc2c(c(O)cc3c2CN(CCCC(C(C)C(C(=O)O)C(=O)O)N2Cc4c(cc(O)c5c4O[C@](C)(CC/C=C(\C)CCC=C(C)C)[C@@H](O)C5)C2=O)C3=O)C[C@@H]1O. The maximum atomic E-state index is 14.4. The number of carbonyl (C=O) groups is 4. The molecule has 0 bridgehead atoms. The molecule has 0 fully saturated rings. The first-order chi connectivity index (χ1) is 32.5. The predicted molar refractivity (Wildman–Crippen MR) is 263 cm³/mol. The van der Waals surface area contributed by atoms with Crippen LogP contribution in [0.2, 0.25) is 0 Å². The number of phenols is 2. The summed E-state index contributed by atoms with van der Waals surface area (Å²) in [6.07, 6.45) is 13.4. The number of phenolic OH excluding ortho intramolecular Hbond substituents is 2. The number of benzene rings is 2. The zero-order valence-electron chi connectivity index (χ0n) is 42.0. The normalized spacial score (nSPS) is 22.8. The van der Waals surface area contributed by atoms with Gasteiger partial charge in [0.1, 0.15) is 34.2 Å². The average molecular weight is 955 g/mol. The van der Waals surface area contributed by atoms with Crippen LogP contribution in [0.4, 0.5) is 0 Å². The first-order valence-corrected chi connectivity index (χ1v) is 24.6. The molecule has 2 aromatic rings. The van der Waals surface area contributed by atoms with Crippen LogP contribution in [0.3, 0.4) is 0 Å². The molecule has 0 radical (unpaired) electrons. The summed E-state index contributed by atoms with van der Waals surface area (Å²) >= 11 is 0. The number of ether oxygens (including phenoxy) is 2. The number of carboxylic acids is 2. The van der Waals surface area contributed by atoms with Gasteiger partial charge in [-0.15, -0.1) is 0 Å². The molecule has 0 spiro atoms. The van der Waals surface area contributed by atoms with Crippen molar-refractivity contribution in [2.75, 3.05) is 6.54 Å². The molecule has 2 aromatic carbocycles. The van der Waals surface area contributed by atoms with Gasteiger partial charge < -0.3 is 49.9 Å². The van der Waals surface area contributed by atoms with Gasteiger partial charge in [0.05, 0.1) is 36.4 Å². The summed E-state index contributed by atoms with van der Waals surface area (Å²) < 4.78 is 13.2. The predicted octanol–water partition coefficient (Wildman–Crippen LogP) is 9.33. The Balaban J connectivity index is 1.20. The number of allylic oxidation sites excluding steroid dienone is 8. The van der Waals surface area contributed by atoms with E-state index in [4.69, 9.17) is 9.47 Å². The van der Waals surface area contributed by atoms with Crippen LogP contribution in [0.15, 0.2) is 58.7 Å². The minimum Gasteiger partial charge on any atom is -0.508 e. The molecular weight excluding hydrogens is 881 g/mol. The van der Waals surface area contributed by atoms with Crippen molar-refractivity contribution < 1.29 is 59.3 Å². The second-order valence-electron chi connectivity index (χ2n) is 20.9. The van der Waals surface area contributed by atoms with Crippen LogP contribution in [0.25, 0.3) is 0 Å². The smallest absolute Gasteiger partial charge is 0.318 e.